The van der Waals surface area contributed by atoms with E-state index in [1.54, 1.807) is 0 Å². The largest absolute Gasteiger partial charge is 0.466 e. The quantitative estimate of drug-likeness (QED) is 0.0320. The van der Waals surface area contributed by atoms with Gasteiger partial charge in [0.2, 0.25) is 5.91 Å². The lowest BCUT2D eigenvalue weighted by atomic mass is 10.0. The molecule has 0 bridgehead atoms. The normalized spacial score (nSPS) is 12.6. The molecule has 2 atom stereocenters. The molecule has 2 unspecified atom stereocenters. The number of ether oxygens (including phenoxy) is 1. The summed E-state index contributed by atoms with van der Waals surface area (Å²) in [5, 5.41) is 23.5. The average molecular weight is 1320 g/mol. The summed E-state index contributed by atoms with van der Waals surface area (Å²) in [4.78, 5) is 24.7. The van der Waals surface area contributed by atoms with E-state index in [4.69, 9.17) is 4.74 Å². The van der Waals surface area contributed by atoms with Gasteiger partial charge in [0.25, 0.3) is 0 Å². The van der Waals surface area contributed by atoms with E-state index in [9.17, 15) is 19.8 Å². The second kappa shape index (κ2) is 83.5. The molecule has 0 aliphatic carbocycles. The highest BCUT2D eigenvalue weighted by Gasteiger charge is 2.20. The fourth-order valence-electron chi connectivity index (χ4n) is 13.8. The van der Waals surface area contributed by atoms with Crippen LogP contribution in [0, 0.1) is 0 Å². The van der Waals surface area contributed by atoms with Crippen LogP contribution in [-0.4, -0.2) is 47.4 Å². The SMILES string of the molecule is CCCCCCCC/C=C\CCCCCCCCCCCC(=O)OCCCCCCCCCCCCCCC/C=C\C/C=C\CCCCCCCCCCCCCCCCCCCC(=O)NC(CO)C(O)CCCCCCCCCCCCCCCCCCCCCCC. The fourth-order valence-corrected chi connectivity index (χ4v) is 13.8. The van der Waals surface area contributed by atoms with Gasteiger partial charge in [-0.2, -0.15) is 0 Å². The third-order valence-electron chi connectivity index (χ3n) is 20.4. The van der Waals surface area contributed by atoms with Crippen LogP contribution < -0.4 is 5.32 Å². The van der Waals surface area contributed by atoms with E-state index in [2.05, 4.69) is 55.6 Å². The first kappa shape index (κ1) is 92.1. The first-order valence-corrected chi connectivity index (χ1v) is 43.2. The van der Waals surface area contributed by atoms with Gasteiger partial charge in [0.15, 0.2) is 0 Å². The zero-order valence-electron chi connectivity index (χ0n) is 64.0. The molecule has 6 heteroatoms. The van der Waals surface area contributed by atoms with E-state index in [0.717, 1.165) is 44.9 Å². The van der Waals surface area contributed by atoms with Crippen molar-refractivity contribution in [2.24, 2.45) is 0 Å². The van der Waals surface area contributed by atoms with Crippen LogP contribution in [0.25, 0.3) is 0 Å². The second-order valence-corrected chi connectivity index (χ2v) is 29.9. The molecule has 0 aromatic heterocycles. The number of nitrogens with one attached hydrogen (secondary N) is 1. The van der Waals surface area contributed by atoms with Crippen LogP contribution in [0.15, 0.2) is 36.5 Å². The lowest BCUT2D eigenvalue weighted by molar-refractivity contribution is -0.143. The number of carbonyl (C=O) groups is 2. The molecule has 0 fully saturated rings. The van der Waals surface area contributed by atoms with Crippen LogP contribution in [0.1, 0.15) is 489 Å². The van der Waals surface area contributed by atoms with Gasteiger partial charge >= 0.3 is 5.97 Å². The van der Waals surface area contributed by atoms with Gasteiger partial charge in [-0.25, -0.2) is 0 Å². The number of rotatable bonds is 82. The fraction of sp³-hybridized carbons (Fsp3) is 0.909. The molecule has 0 spiro atoms. The minimum absolute atomic E-state index is 0.0194. The van der Waals surface area contributed by atoms with Crippen molar-refractivity contribution < 1.29 is 24.5 Å². The van der Waals surface area contributed by atoms with Crippen molar-refractivity contribution in [3.63, 3.8) is 0 Å². The third-order valence-corrected chi connectivity index (χ3v) is 20.4. The van der Waals surface area contributed by atoms with E-state index in [-0.39, 0.29) is 18.5 Å². The van der Waals surface area contributed by atoms with Crippen molar-refractivity contribution in [1.29, 1.82) is 0 Å². The molecule has 0 radical (unpaired) electrons. The van der Waals surface area contributed by atoms with Gasteiger partial charge in [-0.15, -0.1) is 0 Å². The van der Waals surface area contributed by atoms with Crippen LogP contribution in [0.2, 0.25) is 0 Å². The topological polar surface area (TPSA) is 95.9 Å². The van der Waals surface area contributed by atoms with Crippen molar-refractivity contribution in [3.8, 4) is 0 Å². The Bertz CT molecular complexity index is 1520. The Morgan fingerprint density at radius 3 is 0.819 bits per heavy atom. The maximum Gasteiger partial charge on any atom is 0.305 e. The predicted molar refractivity (Wildman–Crippen MR) is 416 cm³/mol. The molecule has 556 valence electrons. The monoisotopic (exact) mass is 1320 g/mol. The number of aliphatic hydroxyl groups is 2. The molecule has 0 aliphatic heterocycles. The van der Waals surface area contributed by atoms with Crippen LogP contribution in [-0.2, 0) is 14.3 Å². The highest BCUT2D eigenvalue weighted by molar-refractivity contribution is 5.76. The molecular weight excluding hydrogens is 1150 g/mol. The van der Waals surface area contributed by atoms with Gasteiger partial charge in [-0.05, 0) is 83.5 Å². The highest BCUT2D eigenvalue weighted by Crippen LogP contribution is 2.21. The predicted octanol–water partition coefficient (Wildman–Crippen LogP) is 28.9. The standard InChI is InChI=1S/C88H169NO5/c1-3-5-7-9-11-13-15-17-19-21-23-41-45-48-52-56-60-64-68-72-76-80-86(91)85(84-90)89-87(92)81-77-73-69-65-61-57-53-49-46-42-39-37-35-33-31-29-27-25-24-26-28-30-32-34-36-38-40-43-47-51-55-59-63-67-71-75-79-83-94-88(93)82-78-74-70-66-62-58-54-50-44-22-20-18-16-14-12-10-8-6-4-2/h18,20,24,26,30,32,85-86,90-91H,3-17,19,21-23,25,27-29,31,33-84H2,1-2H3,(H,89,92)/b20-18-,26-24-,32-30-. The third kappa shape index (κ3) is 79.1. The smallest absolute Gasteiger partial charge is 0.305 e. The molecule has 0 rings (SSSR count). The van der Waals surface area contributed by atoms with E-state index in [1.807, 2.05) is 0 Å². The Kier molecular flexibility index (Phi) is 81.8. The lowest BCUT2D eigenvalue weighted by Crippen LogP contribution is -2.45. The molecular formula is C88H169NO5. The lowest BCUT2D eigenvalue weighted by Gasteiger charge is -2.22. The summed E-state index contributed by atoms with van der Waals surface area (Å²) in [7, 11) is 0. The first-order chi connectivity index (χ1) is 46.5. The van der Waals surface area contributed by atoms with Crippen molar-refractivity contribution in [2.75, 3.05) is 13.2 Å². The van der Waals surface area contributed by atoms with E-state index >= 15 is 0 Å². The van der Waals surface area contributed by atoms with Gasteiger partial charge in [-0.3, -0.25) is 9.59 Å². The summed E-state index contributed by atoms with van der Waals surface area (Å²) < 4.78 is 5.52. The average Bonchev–Trinajstić information content (AvgIpc) is 3.66. The number of hydrogen-bond donors (Lipinski definition) is 3. The van der Waals surface area contributed by atoms with Crippen LogP contribution in [0.3, 0.4) is 0 Å². The molecule has 0 aromatic rings. The summed E-state index contributed by atoms with van der Waals surface area (Å²) in [5.41, 5.74) is 0. The number of carbonyl (C=O) groups excluding carboxylic acids is 2. The Morgan fingerprint density at radius 1 is 0.298 bits per heavy atom. The maximum atomic E-state index is 12.6. The second-order valence-electron chi connectivity index (χ2n) is 29.9. The minimum Gasteiger partial charge on any atom is -0.466 e. The van der Waals surface area contributed by atoms with Gasteiger partial charge in [0.05, 0.1) is 25.4 Å². The summed E-state index contributed by atoms with van der Waals surface area (Å²) in [6, 6.07) is -0.541. The highest BCUT2D eigenvalue weighted by atomic mass is 16.5. The molecule has 6 nitrogen and oxygen atoms in total. The summed E-state index contributed by atoms with van der Waals surface area (Å²) in [6.07, 6.45) is 110. The van der Waals surface area contributed by atoms with Gasteiger partial charge < -0.3 is 20.3 Å². The molecule has 0 aliphatic rings. The van der Waals surface area contributed by atoms with Gasteiger partial charge in [0, 0.05) is 12.8 Å². The number of aliphatic hydroxyl groups excluding tert-OH is 2. The number of allylic oxidation sites excluding steroid dienone is 6. The summed E-state index contributed by atoms with van der Waals surface area (Å²) >= 11 is 0. The Balaban J connectivity index is 3.35. The Morgan fingerprint density at radius 2 is 0.532 bits per heavy atom. The van der Waals surface area contributed by atoms with Crippen LogP contribution in [0.5, 0.6) is 0 Å². The maximum absolute atomic E-state index is 12.6. The zero-order valence-corrected chi connectivity index (χ0v) is 64.0. The zero-order chi connectivity index (χ0) is 67.7. The van der Waals surface area contributed by atoms with Crippen molar-refractivity contribution in [2.45, 2.75) is 501 Å². The minimum atomic E-state index is -0.664. The van der Waals surface area contributed by atoms with E-state index in [1.165, 1.54) is 411 Å². The molecule has 1 amide bonds. The van der Waals surface area contributed by atoms with Crippen LogP contribution in [0.4, 0.5) is 0 Å². The molecule has 94 heavy (non-hydrogen) atoms. The van der Waals surface area contributed by atoms with Crippen molar-refractivity contribution in [1.82, 2.24) is 5.32 Å². The summed E-state index contributed by atoms with van der Waals surface area (Å²) in [6.45, 7) is 5.01. The molecule has 0 saturated heterocycles. The van der Waals surface area contributed by atoms with E-state index in [0.29, 0.717) is 25.9 Å². The molecule has 0 aromatic carbocycles. The van der Waals surface area contributed by atoms with Crippen LogP contribution >= 0.6 is 0 Å². The summed E-state index contributed by atoms with van der Waals surface area (Å²) in [5.74, 6) is -0.00748. The van der Waals surface area contributed by atoms with E-state index < -0.39 is 12.1 Å². The van der Waals surface area contributed by atoms with Gasteiger partial charge in [-0.1, -0.05) is 429 Å². The number of unbranched alkanes of at least 4 members (excludes halogenated alkanes) is 65. The number of hydrogen-bond acceptors (Lipinski definition) is 5. The van der Waals surface area contributed by atoms with Crippen molar-refractivity contribution >= 4 is 11.9 Å². The number of amides is 1. The van der Waals surface area contributed by atoms with Crippen molar-refractivity contribution in [3.05, 3.63) is 36.5 Å². The Labute approximate surface area is 589 Å². The molecule has 0 saturated carbocycles. The molecule has 3 N–H and O–H groups in total. The molecule has 0 heterocycles. The van der Waals surface area contributed by atoms with Gasteiger partial charge in [0.1, 0.15) is 0 Å². The Hall–Kier alpha value is -1.92. The first-order valence-electron chi connectivity index (χ1n) is 43.2. The number of esters is 1.